The maximum absolute atomic E-state index is 12.7. The molecule has 3 aliphatic heterocycles. The van der Waals surface area contributed by atoms with Gasteiger partial charge in [0, 0.05) is 30.6 Å². The minimum atomic E-state index is -1.80. The van der Waals surface area contributed by atoms with E-state index in [0.717, 1.165) is 0 Å². The van der Waals surface area contributed by atoms with Crippen LogP contribution in [-0.2, 0) is 28.5 Å². The van der Waals surface area contributed by atoms with Crippen molar-refractivity contribution >= 4 is 5.91 Å². The quantitative estimate of drug-likeness (QED) is 0.0892. The summed E-state index contributed by atoms with van der Waals surface area (Å²) in [5.41, 5.74) is 36.1. The molecule has 0 aromatic rings. The molecule has 49 heavy (non-hydrogen) atoms. The number of hydrogen-bond donors (Lipinski definition) is 15. The monoisotopic (exact) mass is 713 g/mol. The molecule has 1 saturated carbocycles. The van der Waals surface area contributed by atoms with E-state index < -0.39 is 141 Å². The Kier molecular flexibility index (Phi) is 14.1. The Morgan fingerprint density at radius 3 is 2.08 bits per heavy atom. The van der Waals surface area contributed by atoms with Crippen molar-refractivity contribution in [3.63, 3.8) is 0 Å². The van der Waals surface area contributed by atoms with Crippen LogP contribution in [0.5, 0.6) is 0 Å². The van der Waals surface area contributed by atoms with Crippen molar-refractivity contribution in [3.05, 3.63) is 0 Å². The average Bonchev–Trinajstić information content (AvgIpc) is 3.35. The lowest BCUT2D eigenvalue weighted by atomic mass is 9.70. The van der Waals surface area contributed by atoms with Gasteiger partial charge < -0.3 is 104 Å². The van der Waals surface area contributed by atoms with Crippen molar-refractivity contribution in [1.29, 1.82) is 0 Å². The zero-order valence-electron chi connectivity index (χ0n) is 27.2. The molecular formula is C28H55N7O14. The van der Waals surface area contributed by atoms with Gasteiger partial charge in [0.25, 0.3) is 0 Å². The summed E-state index contributed by atoms with van der Waals surface area (Å²) in [6.45, 7) is 0.653. The highest BCUT2D eigenvalue weighted by atomic mass is 16.7. The molecule has 3 heterocycles. The third-order valence-corrected chi connectivity index (χ3v) is 9.90. The molecule has 21 atom stereocenters. The Hall–Kier alpha value is -1.29. The Bertz CT molecular complexity index is 1070. The number of nitrogens with one attached hydrogen (secondary N) is 1. The molecule has 0 aromatic carbocycles. The molecule has 4 fully saturated rings. The van der Waals surface area contributed by atoms with Gasteiger partial charge in [0.2, 0.25) is 5.91 Å². The molecule has 0 bridgehead atoms. The van der Waals surface area contributed by atoms with E-state index in [9.17, 15) is 45.6 Å². The summed E-state index contributed by atoms with van der Waals surface area (Å²) in [6, 6.07) is -5.75. The van der Waals surface area contributed by atoms with Crippen LogP contribution in [0.15, 0.2) is 0 Å². The highest BCUT2D eigenvalue weighted by molar-refractivity contribution is 5.80. The van der Waals surface area contributed by atoms with Crippen molar-refractivity contribution < 1.29 is 69.3 Å². The summed E-state index contributed by atoms with van der Waals surface area (Å²) in [7, 11) is 0. The summed E-state index contributed by atoms with van der Waals surface area (Å²) in [5, 5.41) is 88.2. The number of aliphatic hydroxyl groups excluding tert-OH is 8. The van der Waals surface area contributed by atoms with E-state index in [0.29, 0.717) is 0 Å². The lowest BCUT2D eigenvalue weighted by Gasteiger charge is -2.52. The summed E-state index contributed by atoms with van der Waals surface area (Å²) in [4.78, 5) is 12.7. The van der Waals surface area contributed by atoms with Gasteiger partial charge >= 0.3 is 0 Å². The zero-order valence-corrected chi connectivity index (χ0v) is 27.2. The Morgan fingerprint density at radius 2 is 1.49 bits per heavy atom. The average molecular weight is 714 g/mol. The van der Waals surface area contributed by atoms with Crippen LogP contribution in [0.25, 0.3) is 0 Å². The number of ether oxygens (including phenoxy) is 5. The molecule has 1 amide bonds. The second kappa shape index (κ2) is 17.0. The maximum Gasteiger partial charge on any atom is 0.249 e. The summed E-state index contributed by atoms with van der Waals surface area (Å²) in [5.74, 6) is -2.14. The molecule has 0 aromatic heterocycles. The van der Waals surface area contributed by atoms with Crippen LogP contribution >= 0.6 is 0 Å². The number of hydrogen-bond acceptors (Lipinski definition) is 20. The zero-order chi connectivity index (χ0) is 36.5. The molecule has 21 N–H and O–H groups in total. The first-order valence-corrected chi connectivity index (χ1v) is 16.4. The lowest BCUT2D eigenvalue weighted by molar-refractivity contribution is -0.281. The Morgan fingerprint density at radius 1 is 0.857 bits per heavy atom. The SMILES string of the molecule is C[C@H](N)[C@H]1O[C@H](C2[C@@H](N)[C@H](O)[C@@H](NC(=O)[C@@H](O)CCN)[C@H](O)[C@H]2O[C@@H]2OC(CO)[C@@H](O[C@H]3O[C@@H](CN)[C@@H](O)[C@H](O)[C@H]3N)[C@H]2O)[C@H](N)C[C@@H]1O. The molecule has 2 unspecified atom stereocenters. The number of aliphatic hydroxyl groups is 8. The fourth-order valence-corrected chi connectivity index (χ4v) is 7.10. The minimum absolute atomic E-state index is 0.00148. The van der Waals surface area contributed by atoms with Crippen LogP contribution in [0, 0.1) is 5.92 Å². The van der Waals surface area contributed by atoms with Crippen LogP contribution in [0.3, 0.4) is 0 Å². The van der Waals surface area contributed by atoms with Gasteiger partial charge in [0.15, 0.2) is 12.6 Å². The van der Waals surface area contributed by atoms with Gasteiger partial charge in [-0.15, -0.1) is 0 Å². The number of amides is 1. The van der Waals surface area contributed by atoms with Crippen molar-refractivity contribution in [2.45, 2.75) is 142 Å². The first-order valence-electron chi connectivity index (χ1n) is 16.4. The molecule has 4 aliphatic rings. The molecule has 286 valence electrons. The number of nitrogens with two attached hydrogens (primary N) is 6. The Balaban J connectivity index is 1.63. The van der Waals surface area contributed by atoms with Gasteiger partial charge in [-0.05, 0) is 26.3 Å². The van der Waals surface area contributed by atoms with Crippen molar-refractivity contribution in [2.24, 2.45) is 40.3 Å². The van der Waals surface area contributed by atoms with E-state index >= 15 is 0 Å². The molecule has 0 spiro atoms. The molecule has 0 radical (unpaired) electrons. The normalized spacial score (nSPS) is 49.0. The summed E-state index contributed by atoms with van der Waals surface area (Å²) in [6.07, 6.45) is -21.2. The van der Waals surface area contributed by atoms with Crippen LogP contribution in [0.2, 0.25) is 0 Å². The maximum atomic E-state index is 12.7. The van der Waals surface area contributed by atoms with Crippen molar-refractivity contribution in [3.8, 4) is 0 Å². The topological polar surface area (TPSA) is 393 Å². The smallest absolute Gasteiger partial charge is 0.249 e. The van der Waals surface area contributed by atoms with Gasteiger partial charge in [0.1, 0.15) is 48.8 Å². The second-order valence-corrected chi connectivity index (χ2v) is 13.4. The van der Waals surface area contributed by atoms with Gasteiger partial charge in [0.05, 0.1) is 49.2 Å². The highest BCUT2D eigenvalue weighted by Crippen LogP contribution is 2.39. The number of carbonyl (C=O) groups excluding carboxylic acids is 1. The molecular weight excluding hydrogens is 658 g/mol. The third kappa shape index (κ3) is 8.36. The highest BCUT2D eigenvalue weighted by Gasteiger charge is 2.58. The van der Waals surface area contributed by atoms with E-state index in [-0.39, 0.29) is 25.9 Å². The number of rotatable bonds is 12. The van der Waals surface area contributed by atoms with E-state index in [1.54, 1.807) is 6.92 Å². The van der Waals surface area contributed by atoms with Crippen LogP contribution in [-0.4, -0.2) is 189 Å². The fraction of sp³-hybridized carbons (Fsp3) is 0.964. The van der Waals surface area contributed by atoms with Gasteiger partial charge in [-0.25, -0.2) is 0 Å². The summed E-state index contributed by atoms with van der Waals surface area (Å²) < 4.78 is 29.5. The molecule has 4 rings (SSSR count). The van der Waals surface area contributed by atoms with E-state index in [4.69, 9.17) is 58.1 Å². The Labute approximate surface area is 282 Å². The molecule has 21 nitrogen and oxygen atoms in total. The standard InChI is InChI=1S/C28H55N7O14/c1-7(31)22-10(38)4-8(32)23(47-22)13-14(33)18(40)16(35-26(44)9(37)2-3-29)20(42)25(13)49-28-21(43)24(12(6-36)46-28)48-27-15(34)19(41)17(39)11(5-30)45-27/h7-25,27-28,36-43H,2-6,29-34H2,1H3,(H,35,44)/t7-,8+,9-,10-,11-,12?,13?,14+,15+,16+,17+,18-,19+,20-,21+,22+,23-,24+,25-,27+,28-/m0/s1. The van der Waals surface area contributed by atoms with Gasteiger partial charge in [-0.3, -0.25) is 4.79 Å². The van der Waals surface area contributed by atoms with Crippen LogP contribution < -0.4 is 39.7 Å². The van der Waals surface area contributed by atoms with E-state index in [1.807, 2.05) is 0 Å². The third-order valence-electron chi connectivity index (χ3n) is 9.90. The lowest BCUT2D eigenvalue weighted by Crippen LogP contribution is -2.74. The second-order valence-electron chi connectivity index (χ2n) is 13.4. The first-order chi connectivity index (χ1) is 23.1. The number of carbonyl (C=O) groups is 1. The first kappa shape index (κ1) is 40.5. The van der Waals surface area contributed by atoms with Crippen LogP contribution in [0.1, 0.15) is 19.8 Å². The van der Waals surface area contributed by atoms with E-state index in [1.165, 1.54) is 0 Å². The van der Waals surface area contributed by atoms with Crippen LogP contribution in [0.4, 0.5) is 0 Å². The molecule has 21 heteroatoms. The fourth-order valence-electron chi connectivity index (χ4n) is 7.10. The summed E-state index contributed by atoms with van der Waals surface area (Å²) >= 11 is 0. The molecule has 1 aliphatic carbocycles. The minimum Gasteiger partial charge on any atom is -0.394 e. The van der Waals surface area contributed by atoms with Gasteiger partial charge in [-0.1, -0.05) is 0 Å². The molecule has 3 saturated heterocycles. The van der Waals surface area contributed by atoms with E-state index in [2.05, 4.69) is 5.32 Å². The predicted molar refractivity (Wildman–Crippen MR) is 165 cm³/mol. The predicted octanol–water partition coefficient (Wildman–Crippen LogP) is -9.37. The van der Waals surface area contributed by atoms with Gasteiger partial charge in [-0.2, -0.15) is 0 Å². The van der Waals surface area contributed by atoms with Crippen molar-refractivity contribution in [1.82, 2.24) is 5.32 Å². The van der Waals surface area contributed by atoms with Crippen molar-refractivity contribution in [2.75, 3.05) is 19.7 Å². The largest absolute Gasteiger partial charge is 0.394 e.